The first-order valence-electron chi connectivity index (χ1n) is 5.87. The van der Waals surface area contributed by atoms with Crippen LogP contribution in [-0.2, 0) is 14.8 Å². The highest BCUT2D eigenvalue weighted by Gasteiger charge is 2.14. The number of nitrogen functional groups attached to an aromatic ring is 1. The Morgan fingerprint density at radius 2 is 1.95 bits per heavy atom. The van der Waals surface area contributed by atoms with Crippen molar-refractivity contribution in [2.45, 2.75) is 24.2 Å². The highest BCUT2D eigenvalue weighted by molar-refractivity contribution is 7.89. The van der Waals surface area contributed by atoms with Gasteiger partial charge in [0, 0.05) is 20.3 Å². The Hall–Kier alpha value is -1.29. The molecule has 1 heterocycles. The van der Waals surface area contributed by atoms with Gasteiger partial charge in [0.2, 0.25) is 16.0 Å². The maximum absolute atomic E-state index is 11.9. The maximum atomic E-state index is 11.9. The van der Waals surface area contributed by atoms with Crippen LogP contribution < -0.4 is 16.0 Å². The van der Waals surface area contributed by atoms with Crippen molar-refractivity contribution in [3.8, 4) is 0 Å². The average Bonchev–Trinajstić information content (AvgIpc) is 2.43. The highest BCUT2D eigenvalue weighted by atomic mass is 32.2. The summed E-state index contributed by atoms with van der Waals surface area (Å²) in [4.78, 5) is 7.52. The molecule has 0 bridgehead atoms. The fourth-order valence-electron chi connectivity index (χ4n) is 1.37. The molecule has 1 aromatic rings. The minimum Gasteiger partial charge on any atom is -0.385 e. The van der Waals surface area contributed by atoms with Gasteiger partial charge in [0.05, 0.1) is 12.4 Å². The third-order valence-electron chi connectivity index (χ3n) is 2.38. The summed E-state index contributed by atoms with van der Waals surface area (Å²) < 4.78 is 31.1. The summed E-state index contributed by atoms with van der Waals surface area (Å²) >= 11 is 0. The molecule has 0 fully saturated rings. The second-order valence-corrected chi connectivity index (χ2v) is 5.60. The van der Waals surface area contributed by atoms with Gasteiger partial charge < -0.3 is 4.74 Å². The van der Waals surface area contributed by atoms with Crippen molar-refractivity contribution >= 4 is 16.0 Å². The molecule has 4 N–H and O–H groups in total. The summed E-state index contributed by atoms with van der Waals surface area (Å²) in [6, 6.07) is 0. The van der Waals surface area contributed by atoms with Gasteiger partial charge in [0.25, 0.3) is 0 Å². The predicted octanol–water partition coefficient (Wildman–Crippen LogP) is -0.143. The highest BCUT2D eigenvalue weighted by Crippen LogP contribution is 2.07. The fraction of sp³-hybridized carbons (Fsp3) is 0.600. The molecule has 0 aliphatic rings. The third kappa shape index (κ3) is 5.47. The predicted molar refractivity (Wildman–Crippen MR) is 70.8 cm³/mol. The van der Waals surface area contributed by atoms with E-state index in [9.17, 15) is 8.42 Å². The van der Waals surface area contributed by atoms with E-state index >= 15 is 0 Å². The molecule has 0 saturated heterocycles. The number of hydrogen-bond donors (Lipinski definition) is 3. The van der Waals surface area contributed by atoms with Crippen LogP contribution in [0.3, 0.4) is 0 Å². The van der Waals surface area contributed by atoms with E-state index in [1.165, 1.54) is 12.4 Å². The van der Waals surface area contributed by atoms with E-state index in [1.807, 2.05) is 0 Å². The Labute approximate surface area is 112 Å². The number of sulfonamides is 1. The van der Waals surface area contributed by atoms with Crippen LogP contribution in [-0.4, -0.2) is 38.6 Å². The minimum atomic E-state index is -3.55. The van der Waals surface area contributed by atoms with Crippen LogP contribution in [0.1, 0.15) is 19.3 Å². The standard InChI is InChI=1S/C10H19N5O3S/c1-18-6-4-2-3-5-14-19(16,17)9-7-12-10(15-11)13-8-9/h7-8,14H,2-6,11H2,1H3,(H,12,13,15). The van der Waals surface area contributed by atoms with Crippen LogP contribution in [0.5, 0.6) is 0 Å². The van der Waals surface area contributed by atoms with Gasteiger partial charge in [-0.1, -0.05) is 0 Å². The molecule has 0 unspecified atom stereocenters. The molecule has 0 saturated carbocycles. The molecule has 108 valence electrons. The van der Waals surface area contributed by atoms with Crippen molar-refractivity contribution in [2.75, 3.05) is 25.7 Å². The van der Waals surface area contributed by atoms with Gasteiger partial charge in [-0.05, 0) is 19.3 Å². The molecule has 0 amide bonds. The van der Waals surface area contributed by atoms with Gasteiger partial charge in [0.1, 0.15) is 4.90 Å². The summed E-state index contributed by atoms with van der Waals surface area (Å²) in [5, 5.41) is 0. The van der Waals surface area contributed by atoms with Gasteiger partial charge >= 0.3 is 0 Å². The van der Waals surface area contributed by atoms with E-state index in [4.69, 9.17) is 10.6 Å². The number of unbranched alkanes of at least 4 members (excludes halogenated alkanes) is 2. The smallest absolute Gasteiger partial charge is 0.243 e. The van der Waals surface area contributed by atoms with Crippen LogP contribution in [0.2, 0.25) is 0 Å². The van der Waals surface area contributed by atoms with Crippen LogP contribution in [0.15, 0.2) is 17.3 Å². The van der Waals surface area contributed by atoms with Gasteiger partial charge in [-0.25, -0.2) is 29.0 Å². The fourth-order valence-corrected chi connectivity index (χ4v) is 2.33. The van der Waals surface area contributed by atoms with E-state index in [1.54, 1.807) is 7.11 Å². The molecule has 0 spiro atoms. The molecule has 1 aromatic heterocycles. The Bertz CT molecular complexity index is 463. The number of aromatic nitrogens is 2. The van der Waals surface area contributed by atoms with E-state index in [-0.39, 0.29) is 10.8 Å². The second-order valence-electron chi connectivity index (χ2n) is 3.84. The van der Waals surface area contributed by atoms with Crippen LogP contribution in [0.4, 0.5) is 5.95 Å². The number of rotatable bonds is 9. The molecule has 0 aliphatic carbocycles. The van der Waals surface area contributed by atoms with Crippen LogP contribution in [0.25, 0.3) is 0 Å². The summed E-state index contributed by atoms with van der Waals surface area (Å²) in [5.41, 5.74) is 2.23. The molecule has 0 aliphatic heterocycles. The van der Waals surface area contributed by atoms with E-state index in [0.717, 1.165) is 19.3 Å². The first kappa shape index (κ1) is 15.8. The lowest BCUT2D eigenvalue weighted by molar-refractivity contribution is 0.192. The summed E-state index contributed by atoms with van der Waals surface area (Å²) in [6.07, 6.45) is 4.98. The van der Waals surface area contributed by atoms with Crippen molar-refractivity contribution in [1.82, 2.24) is 14.7 Å². The van der Waals surface area contributed by atoms with Gasteiger partial charge in [-0.15, -0.1) is 0 Å². The minimum absolute atomic E-state index is 0.0170. The Morgan fingerprint density at radius 1 is 1.26 bits per heavy atom. The van der Waals surface area contributed by atoms with Gasteiger partial charge in [0.15, 0.2) is 0 Å². The zero-order valence-corrected chi connectivity index (χ0v) is 11.6. The molecule has 1 rings (SSSR count). The number of methoxy groups -OCH3 is 1. The Morgan fingerprint density at radius 3 is 2.53 bits per heavy atom. The second kappa shape index (κ2) is 8.00. The van der Waals surface area contributed by atoms with E-state index in [2.05, 4.69) is 20.1 Å². The molecule has 19 heavy (non-hydrogen) atoms. The van der Waals surface area contributed by atoms with Crippen molar-refractivity contribution in [3.63, 3.8) is 0 Å². The zero-order valence-electron chi connectivity index (χ0n) is 10.8. The van der Waals surface area contributed by atoms with Crippen molar-refractivity contribution < 1.29 is 13.2 Å². The number of nitrogens with zero attached hydrogens (tertiary/aromatic N) is 2. The van der Waals surface area contributed by atoms with Gasteiger partial charge in [-0.3, -0.25) is 5.43 Å². The number of ether oxygens (including phenoxy) is 1. The number of hydrogen-bond acceptors (Lipinski definition) is 7. The lowest BCUT2D eigenvalue weighted by atomic mass is 10.2. The topological polar surface area (TPSA) is 119 Å². The SMILES string of the molecule is COCCCCCNS(=O)(=O)c1cnc(NN)nc1. The molecular weight excluding hydrogens is 270 g/mol. The number of nitrogens with two attached hydrogens (primary N) is 1. The molecule has 8 nitrogen and oxygen atoms in total. The van der Waals surface area contributed by atoms with Crippen molar-refractivity contribution in [1.29, 1.82) is 0 Å². The molecule has 0 aromatic carbocycles. The lowest BCUT2D eigenvalue weighted by Gasteiger charge is -2.06. The first-order valence-corrected chi connectivity index (χ1v) is 7.35. The van der Waals surface area contributed by atoms with Crippen molar-refractivity contribution in [3.05, 3.63) is 12.4 Å². The van der Waals surface area contributed by atoms with E-state index < -0.39 is 10.0 Å². The van der Waals surface area contributed by atoms with Crippen LogP contribution in [0, 0.1) is 0 Å². The molecule has 0 radical (unpaired) electrons. The molecule has 0 atom stereocenters. The first-order chi connectivity index (χ1) is 9.10. The number of nitrogens with one attached hydrogen (secondary N) is 2. The molecular formula is C10H19N5O3S. The summed E-state index contributed by atoms with van der Waals surface area (Å²) in [7, 11) is -1.91. The number of anilines is 1. The Kier molecular flexibility index (Phi) is 6.64. The van der Waals surface area contributed by atoms with Gasteiger partial charge in [-0.2, -0.15) is 0 Å². The Balaban J connectivity index is 2.42. The lowest BCUT2D eigenvalue weighted by Crippen LogP contribution is -2.25. The summed E-state index contributed by atoms with van der Waals surface area (Å²) in [5.74, 6) is 5.26. The van der Waals surface area contributed by atoms with Crippen molar-refractivity contribution in [2.24, 2.45) is 5.84 Å². The quantitative estimate of drug-likeness (QED) is 0.329. The molecule has 9 heteroatoms. The normalized spacial score (nSPS) is 11.5. The van der Waals surface area contributed by atoms with E-state index in [0.29, 0.717) is 13.2 Å². The zero-order chi connectivity index (χ0) is 14.1. The maximum Gasteiger partial charge on any atom is 0.243 e. The number of hydrazine groups is 1. The summed E-state index contributed by atoms with van der Waals surface area (Å²) in [6.45, 7) is 1.07. The van der Waals surface area contributed by atoms with Crippen LogP contribution >= 0.6 is 0 Å². The average molecular weight is 289 g/mol. The third-order valence-corrected chi connectivity index (χ3v) is 3.80. The monoisotopic (exact) mass is 289 g/mol. The largest absolute Gasteiger partial charge is 0.385 e.